The highest BCUT2D eigenvalue weighted by molar-refractivity contribution is 5.81. The minimum atomic E-state index is -0.489. The summed E-state index contributed by atoms with van der Waals surface area (Å²) in [5.41, 5.74) is -0.489. The van der Waals surface area contributed by atoms with Gasteiger partial charge >= 0.3 is 5.97 Å². The van der Waals surface area contributed by atoms with E-state index in [9.17, 15) is 4.79 Å². The molecule has 1 aliphatic carbocycles. The summed E-state index contributed by atoms with van der Waals surface area (Å²) in [5.74, 6) is 0.210. The number of nitrogens with one attached hydrogen (secondary N) is 1. The molecule has 5 nitrogen and oxygen atoms in total. The molecule has 2 unspecified atom stereocenters. The zero-order chi connectivity index (χ0) is 13.7. The lowest BCUT2D eigenvalue weighted by atomic mass is 9.84. The number of methoxy groups -OCH3 is 1. The van der Waals surface area contributed by atoms with Crippen LogP contribution in [-0.4, -0.2) is 34.9 Å². The molecule has 1 heterocycles. The van der Waals surface area contributed by atoms with E-state index in [1.54, 1.807) is 6.20 Å². The van der Waals surface area contributed by atoms with Gasteiger partial charge in [-0.15, -0.1) is 0 Å². The third-order valence-electron chi connectivity index (χ3n) is 4.13. The molecule has 0 saturated heterocycles. The second kappa shape index (κ2) is 6.19. The summed E-state index contributed by atoms with van der Waals surface area (Å²) in [7, 11) is 1.48. The number of hydrogen-bond acceptors (Lipinski definition) is 4. The molecule has 1 aromatic rings. The fourth-order valence-electron chi connectivity index (χ4n) is 3.26. The van der Waals surface area contributed by atoms with Crippen molar-refractivity contribution in [3.63, 3.8) is 0 Å². The van der Waals surface area contributed by atoms with E-state index in [-0.39, 0.29) is 5.97 Å². The minimum Gasteiger partial charge on any atom is -0.468 e. The standard InChI is InChI=1S/C14H23N3O2/c1-3-15-14(13(18)19-2)8-4-6-12(14)7-11-17-10-5-9-16-17/h5,9-10,12,15H,3-4,6-8,11H2,1-2H3. The van der Waals surface area contributed by atoms with Crippen LogP contribution in [0.5, 0.6) is 0 Å². The molecule has 0 aliphatic heterocycles. The topological polar surface area (TPSA) is 56.1 Å². The number of aryl methyl sites for hydroxylation is 1. The van der Waals surface area contributed by atoms with Crippen LogP contribution in [0.3, 0.4) is 0 Å². The number of rotatable bonds is 6. The number of aromatic nitrogens is 2. The van der Waals surface area contributed by atoms with E-state index >= 15 is 0 Å². The van der Waals surface area contributed by atoms with E-state index in [1.165, 1.54) is 7.11 Å². The fraction of sp³-hybridized carbons (Fsp3) is 0.714. The summed E-state index contributed by atoms with van der Waals surface area (Å²) in [5, 5.41) is 7.60. The zero-order valence-electron chi connectivity index (χ0n) is 11.8. The predicted octanol–water partition coefficient (Wildman–Crippen LogP) is 1.59. The molecular formula is C14H23N3O2. The Labute approximate surface area is 114 Å². The van der Waals surface area contributed by atoms with Crippen molar-refractivity contribution in [1.82, 2.24) is 15.1 Å². The fourth-order valence-corrected chi connectivity index (χ4v) is 3.26. The van der Waals surface area contributed by atoms with Crippen LogP contribution in [0, 0.1) is 5.92 Å². The van der Waals surface area contributed by atoms with Crippen LogP contribution in [0.2, 0.25) is 0 Å². The number of esters is 1. The number of carbonyl (C=O) groups is 1. The summed E-state index contributed by atoms with van der Waals surface area (Å²) >= 11 is 0. The first-order valence-electron chi connectivity index (χ1n) is 7.04. The third-order valence-corrected chi connectivity index (χ3v) is 4.13. The lowest BCUT2D eigenvalue weighted by molar-refractivity contribution is -0.150. The number of hydrogen-bond donors (Lipinski definition) is 1. The summed E-state index contributed by atoms with van der Waals surface area (Å²) in [4.78, 5) is 12.2. The molecular weight excluding hydrogens is 242 g/mol. The van der Waals surface area contributed by atoms with Gasteiger partial charge in [0, 0.05) is 18.9 Å². The number of likely N-dealkylation sites (N-methyl/N-ethyl adjacent to an activating group) is 1. The van der Waals surface area contributed by atoms with Crippen molar-refractivity contribution >= 4 is 5.97 Å². The molecule has 1 saturated carbocycles. The van der Waals surface area contributed by atoms with Gasteiger partial charge in [0.2, 0.25) is 0 Å². The molecule has 0 spiro atoms. The molecule has 0 bridgehead atoms. The molecule has 1 aromatic heterocycles. The van der Waals surface area contributed by atoms with Crippen LogP contribution in [0.15, 0.2) is 18.5 Å². The summed E-state index contributed by atoms with van der Waals surface area (Å²) < 4.78 is 6.96. The van der Waals surface area contributed by atoms with Gasteiger partial charge in [0.05, 0.1) is 7.11 Å². The van der Waals surface area contributed by atoms with Crippen LogP contribution >= 0.6 is 0 Å². The molecule has 2 atom stereocenters. The first-order chi connectivity index (χ1) is 9.23. The molecule has 19 heavy (non-hydrogen) atoms. The van der Waals surface area contributed by atoms with Gasteiger partial charge in [0.1, 0.15) is 5.54 Å². The second-order valence-electron chi connectivity index (χ2n) is 5.14. The first kappa shape index (κ1) is 14.1. The second-order valence-corrected chi connectivity index (χ2v) is 5.14. The van der Waals surface area contributed by atoms with E-state index in [0.29, 0.717) is 5.92 Å². The Morgan fingerprint density at radius 1 is 1.63 bits per heavy atom. The molecule has 1 aliphatic rings. The molecule has 5 heteroatoms. The molecule has 106 valence electrons. The van der Waals surface area contributed by atoms with Gasteiger partial charge in [-0.2, -0.15) is 5.10 Å². The highest BCUT2D eigenvalue weighted by atomic mass is 16.5. The molecule has 1 fully saturated rings. The van der Waals surface area contributed by atoms with Crippen molar-refractivity contribution in [2.24, 2.45) is 5.92 Å². The van der Waals surface area contributed by atoms with Gasteiger partial charge in [-0.25, -0.2) is 0 Å². The normalized spacial score (nSPS) is 26.5. The third kappa shape index (κ3) is 2.81. The average molecular weight is 265 g/mol. The zero-order valence-corrected chi connectivity index (χ0v) is 11.8. The average Bonchev–Trinajstić information content (AvgIpc) is 3.05. The minimum absolute atomic E-state index is 0.114. The molecule has 0 aromatic carbocycles. The molecule has 1 N–H and O–H groups in total. The van der Waals surface area contributed by atoms with Crippen LogP contribution in [0.1, 0.15) is 32.6 Å². The summed E-state index contributed by atoms with van der Waals surface area (Å²) in [6.45, 7) is 3.67. The van der Waals surface area contributed by atoms with E-state index in [0.717, 1.165) is 38.8 Å². The lowest BCUT2D eigenvalue weighted by Crippen LogP contribution is -2.55. The summed E-state index contributed by atoms with van der Waals surface area (Å²) in [6.07, 6.45) is 7.71. The monoisotopic (exact) mass is 265 g/mol. The van der Waals surface area contributed by atoms with Gasteiger partial charge in [-0.05, 0) is 37.8 Å². The van der Waals surface area contributed by atoms with Crippen molar-refractivity contribution < 1.29 is 9.53 Å². The van der Waals surface area contributed by atoms with Gasteiger partial charge in [-0.3, -0.25) is 9.48 Å². The van der Waals surface area contributed by atoms with E-state index in [2.05, 4.69) is 10.4 Å². The Balaban J connectivity index is 2.06. The van der Waals surface area contributed by atoms with Crippen LogP contribution in [-0.2, 0) is 16.1 Å². The maximum atomic E-state index is 12.2. The van der Waals surface area contributed by atoms with Gasteiger partial charge in [0.25, 0.3) is 0 Å². The Morgan fingerprint density at radius 3 is 3.11 bits per heavy atom. The largest absolute Gasteiger partial charge is 0.468 e. The number of ether oxygens (including phenoxy) is 1. The Morgan fingerprint density at radius 2 is 2.47 bits per heavy atom. The maximum absolute atomic E-state index is 12.2. The van der Waals surface area contributed by atoms with Gasteiger partial charge in [-0.1, -0.05) is 13.3 Å². The van der Waals surface area contributed by atoms with Crippen molar-refractivity contribution in [3.05, 3.63) is 18.5 Å². The van der Waals surface area contributed by atoms with E-state index in [4.69, 9.17) is 4.74 Å². The molecule has 0 radical (unpaired) electrons. The first-order valence-corrected chi connectivity index (χ1v) is 7.04. The predicted molar refractivity (Wildman–Crippen MR) is 72.6 cm³/mol. The quantitative estimate of drug-likeness (QED) is 0.794. The number of carbonyl (C=O) groups excluding carboxylic acids is 1. The van der Waals surface area contributed by atoms with Crippen molar-refractivity contribution in [2.45, 2.75) is 44.7 Å². The Kier molecular flexibility index (Phi) is 4.58. The lowest BCUT2D eigenvalue weighted by Gasteiger charge is -2.33. The Bertz CT molecular complexity index is 405. The van der Waals surface area contributed by atoms with E-state index in [1.807, 2.05) is 23.9 Å². The number of nitrogens with zero attached hydrogens (tertiary/aromatic N) is 2. The van der Waals surface area contributed by atoms with Gasteiger partial charge < -0.3 is 10.1 Å². The van der Waals surface area contributed by atoms with Crippen molar-refractivity contribution in [2.75, 3.05) is 13.7 Å². The summed E-state index contributed by atoms with van der Waals surface area (Å²) in [6, 6.07) is 1.92. The maximum Gasteiger partial charge on any atom is 0.326 e. The van der Waals surface area contributed by atoms with E-state index < -0.39 is 5.54 Å². The highest BCUT2D eigenvalue weighted by Crippen LogP contribution is 2.39. The SMILES string of the molecule is CCNC1(C(=O)OC)CCCC1CCn1cccn1. The van der Waals surface area contributed by atoms with Crippen LogP contribution < -0.4 is 5.32 Å². The molecule has 0 amide bonds. The smallest absolute Gasteiger partial charge is 0.326 e. The van der Waals surface area contributed by atoms with Crippen molar-refractivity contribution in [3.8, 4) is 0 Å². The van der Waals surface area contributed by atoms with Crippen LogP contribution in [0.4, 0.5) is 0 Å². The van der Waals surface area contributed by atoms with Crippen LogP contribution in [0.25, 0.3) is 0 Å². The van der Waals surface area contributed by atoms with Crippen molar-refractivity contribution in [1.29, 1.82) is 0 Å². The highest BCUT2D eigenvalue weighted by Gasteiger charge is 2.48. The van der Waals surface area contributed by atoms with Gasteiger partial charge in [0.15, 0.2) is 0 Å². The molecule has 2 rings (SSSR count). The Hall–Kier alpha value is -1.36.